The molecule has 0 fully saturated rings. The van der Waals surface area contributed by atoms with Gasteiger partial charge in [-0.1, -0.05) is 11.2 Å². The van der Waals surface area contributed by atoms with Gasteiger partial charge in [0.05, 0.1) is 4.90 Å². The highest BCUT2D eigenvalue weighted by Crippen LogP contribution is 2.23. The second kappa shape index (κ2) is 7.47. The van der Waals surface area contributed by atoms with Crippen molar-refractivity contribution < 1.29 is 26.5 Å². The molecule has 2 aromatic carbocycles. The van der Waals surface area contributed by atoms with E-state index in [-0.39, 0.29) is 16.3 Å². The molecule has 146 valence electrons. The van der Waals surface area contributed by atoms with Crippen LogP contribution in [0, 0.1) is 6.92 Å². The van der Waals surface area contributed by atoms with Crippen LogP contribution >= 0.6 is 0 Å². The Balaban J connectivity index is 1.79. The summed E-state index contributed by atoms with van der Waals surface area (Å²) in [4.78, 5) is 16.2. The monoisotopic (exact) mass is 407 g/mol. The van der Waals surface area contributed by atoms with E-state index in [2.05, 4.69) is 20.0 Å². The van der Waals surface area contributed by atoms with E-state index in [4.69, 9.17) is 0 Å². The maximum Gasteiger partial charge on any atom is 0.315 e. The molecule has 28 heavy (non-hydrogen) atoms. The molecule has 0 radical (unpaired) electrons. The average molecular weight is 407 g/mol. The Kier molecular flexibility index (Phi) is 5.23. The van der Waals surface area contributed by atoms with Crippen molar-refractivity contribution in [3.63, 3.8) is 0 Å². The number of carbonyl (C=O) groups is 1. The van der Waals surface area contributed by atoms with Crippen LogP contribution in [0.1, 0.15) is 28.2 Å². The number of aryl methyl sites for hydroxylation is 1. The molecular weight excluding hydrogens is 392 g/mol. The van der Waals surface area contributed by atoms with Crippen LogP contribution in [0.5, 0.6) is 0 Å². The molecule has 1 amide bonds. The number of alkyl halides is 2. The van der Waals surface area contributed by atoms with Crippen LogP contribution in [-0.2, 0) is 9.84 Å². The summed E-state index contributed by atoms with van der Waals surface area (Å²) in [7, 11) is -3.45. The van der Waals surface area contributed by atoms with Crippen molar-refractivity contribution in [1.29, 1.82) is 0 Å². The summed E-state index contributed by atoms with van der Waals surface area (Å²) in [5.41, 5.74) is 1.71. The van der Waals surface area contributed by atoms with Crippen molar-refractivity contribution in [3.8, 4) is 11.4 Å². The fourth-order valence-corrected chi connectivity index (χ4v) is 3.07. The van der Waals surface area contributed by atoms with Crippen molar-refractivity contribution in [3.05, 3.63) is 59.5 Å². The Morgan fingerprint density at radius 1 is 1.14 bits per heavy atom. The number of amides is 1. The average Bonchev–Trinajstić information content (AvgIpc) is 3.12. The molecule has 3 rings (SSSR count). The number of aromatic nitrogens is 2. The van der Waals surface area contributed by atoms with Gasteiger partial charge in [-0.25, -0.2) is 8.42 Å². The Labute approximate surface area is 159 Å². The van der Waals surface area contributed by atoms with Gasteiger partial charge in [0.2, 0.25) is 5.82 Å². The Morgan fingerprint density at radius 2 is 1.82 bits per heavy atom. The van der Waals surface area contributed by atoms with Gasteiger partial charge in [0.25, 0.3) is 11.8 Å². The molecule has 0 aliphatic carbocycles. The zero-order valence-corrected chi connectivity index (χ0v) is 15.6. The minimum absolute atomic E-state index is 0.00451. The maximum atomic E-state index is 12.5. The molecule has 0 spiro atoms. The first-order valence-corrected chi connectivity index (χ1v) is 9.88. The van der Waals surface area contributed by atoms with E-state index in [1.807, 2.05) is 0 Å². The number of hydrogen-bond acceptors (Lipinski definition) is 6. The van der Waals surface area contributed by atoms with E-state index in [1.54, 1.807) is 25.1 Å². The van der Waals surface area contributed by atoms with E-state index in [9.17, 15) is 22.0 Å². The predicted octanol–water partition coefficient (Wildman–Crippen LogP) is 3.64. The molecule has 3 aromatic rings. The van der Waals surface area contributed by atoms with Crippen LogP contribution in [0.2, 0.25) is 0 Å². The number of anilines is 1. The van der Waals surface area contributed by atoms with Crippen LogP contribution in [0.15, 0.2) is 51.9 Å². The fourth-order valence-electron chi connectivity index (χ4n) is 2.42. The summed E-state index contributed by atoms with van der Waals surface area (Å²) < 4.78 is 52.9. The first kappa shape index (κ1) is 19.6. The van der Waals surface area contributed by atoms with Gasteiger partial charge in [-0.2, -0.15) is 13.8 Å². The summed E-state index contributed by atoms with van der Waals surface area (Å²) in [5.74, 6) is -1.24. The Morgan fingerprint density at radius 3 is 2.39 bits per heavy atom. The second-order valence-electron chi connectivity index (χ2n) is 6.04. The van der Waals surface area contributed by atoms with Crippen molar-refractivity contribution in [2.45, 2.75) is 18.2 Å². The van der Waals surface area contributed by atoms with E-state index in [1.165, 1.54) is 24.3 Å². The SMILES string of the molecule is Cc1ccc(S(C)(=O)=O)cc1C(=O)Nc1ccc(-c2noc(C(F)F)n2)cc1. The lowest BCUT2D eigenvalue weighted by Gasteiger charge is -2.09. The van der Waals surface area contributed by atoms with Crippen molar-refractivity contribution >= 4 is 21.4 Å². The van der Waals surface area contributed by atoms with Crippen molar-refractivity contribution in [1.82, 2.24) is 10.1 Å². The Bertz CT molecular complexity index is 1130. The molecule has 0 aliphatic heterocycles. The molecule has 0 saturated heterocycles. The van der Waals surface area contributed by atoms with E-state index in [0.717, 1.165) is 6.26 Å². The number of hydrogen-bond donors (Lipinski definition) is 1. The summed E-state index contributed by atoms with van der Waals surface area (Å²) in [6.45, 7) is 1.70. The molecule has 1 N–H and O–H groups in total. The first-order chi connectivity index (χ1) is 13.1. The predicted molar refractivity (Wildman–Crippen MR) is 96.9 cm³/mol. The first-order valence-electron chi connectivity index (χ1n) is 7.99. The standard InChI is InChI=1S/C18H15F2N3O4S/c1-10-3-8-13(28(2,25)26)9-14(10)17(24)21-12-6-4-11(5-7-12)16-22-18(15(19)20)27-23-16/h3-9,15H,1-2H3,(H,21,24). The van der Waals surface area contributed by atoms with Gasteiger partial charge in [0, 0.05) is 23.1 Å². The minimum atomic E-state index is -3.45. The quantitative estimate of drug-likeness (QED) is 0.693. The number of nitrogens with zero attached hydrogens (tertiary/aromatic N) is 2. The fraction of sp³-hybridized carbons (Fsp3) is 0.167. The molecule has 0 saturated carbocycles. The molecule has 1 heterocycles. The highest BCUT2D eigenvalue weighted by Gasteiger charge is 2.18. The van der Waals surface area contributed by atoms with Gasteiger partial charge in [-0.05, 0) is 48.9 Å². The summed E-state index contributed by atoms with van der Waals surface area (Å²) in [6.07, 6.45) is -1.79. The number of rotatable bonds is 5. The van der Waals surface area contributed by atoms with E-state index in [0.29, 0.717) is 16.8 Å². The lowest BCUT2D eigenvalue weighted by Crippen LogP contribution is -2.14. The number of nitrogens with one attached hydrogen (secondary N) is 1. The lowest BCUT2D eigenvalue weighted by molar-refractivity contribution is 0.102. The highest BCUT2D eigenvalue weighted by molar-refractivity contribution is 7.90. The highest BCUT2D eigenvalue weighted by atomic mass is 32.2. The number of sulfone groups is 1. The third-order valence-electron chi connectivity index (χ3n) is 3.91. The smallest absolute Gasteiger partial charge is 0.315 e. The molecule has 10 heteroatoms. The zero-order valence-electron chi connectivity index (χ0n) is 14.8. The van der Waals surface area contributed by atoms with Crippen LogP contribution in [-0.4, -0.2) is 30.7 Å². The summed E-state index contributed by atoms with van der Waals surface area (Å²) >= 11 is 0. The van der Waals surface area contributed by atoms with Gasteiger partial charge in [0.1, 0.15) is 0 Å². The molecule has 1 aromatic heterocycles. The minimum Gasteiger partial charge on any atom is -0.333 e. The van der Waals surface area contributed by atoms with Crippen LogP contribution in [0.25, 0.3) is 11.4 Å². The third-order valence-corrected chi connectivity index (χ3v) is 5.02. The molecule has 0 bridgehead atoms. The normalized spacial score (nSPS) is 11.6. The van der Waals surface area contributed by atoms with Gasteiger partial charge in [-0.15, -0.1) is 0 Å². The van der Waals surface area contributed by atoms with Crippen LogP contribution < -0.4 is 5.32 Å². The molecular formula is C18H15F2N3O4S. The van der Waals surface area contributed by atoms with Gasteiger partial charge < -0.3 is 9.84 Å². The van der Waals surface area contributed by atoms with Crippen LogP contribution in [0.4, 0.5) is 14.5 Å². The molecule has 0 aliphatic rings. The largest absolute Gasteiger partial charge is 0.333 e. The zero-order chi connectivity index (χ0) is 20.5. The van der Waals surface area contributed by atoms with Crippen LogP contribution in [0.3, 0.4) is 0 Å². The van der Waals surface area contributed by atoms with E-state index >= 15 is 0 Å². The summed E-state index contributed by atoms with van der Waals surface area (Å²) in [6, 6.07) is 10.5. The second-order valence-corrected chi connectivity index (χ2v) is 8.05. The maximum absolute atomic E-state index is 12.5. The van der Waals surface area contributed by atoms with Crippen molar-refractivity contribution in [2.75, 3.05) is 11.6 Å². The van der Waals surface area contributed by atoms with Gasteiger partial charge >= 0.3 is 6.43 Å². The Hall–Kier alpha value is -3.14. The number of benzene rings is 2. The molecule has 0 unspecified atom stereocenters. The van der Waals surface area contributed by atoms with Crippen molar-refractivity contribution in [2.24, 2.45) is 0 Å². The topological polar surface area (TPSA) is 102 Å². The van der Waals surface area contributed by atoms with Gasteiger partial charge in [-0.3, -0.25) is 4.79 Å². The van der Waals surface area contributed by atoms with E-state index < -0.39 is 28.1 Å². The number of carbonyl (C=O) groups excluding carboxylic acids is 1. The van der Waals surface area contributed by atoms with Gasteiger partial charge in [0.15, 0.2) is 9.84 Å². The molecule has 0 atom stereocenters. The summed E-state index contributed by atoms with van der Waals surface area (Å²) in [5, 5.41) is 6.14. The number of halogens is 2. The molecule has 7 nitrogen and oxygen atoms in total. The lowest BCUT2D eigenvalue weighted by atomic mass is 10.1. The third kappa shape index (κ3) is 4.22.